The molecule has 1 unspecified atom stereocenters. The number of hydrogen-bond acceptors (Lipinski definition) is 5. The Morgan fingerprint density at radius 2 is 2.10 bits per heavy atom. The molecule has 1 amide bonds. The quantitative estimate of drug-likeness (QED) is 0.590. The first-order chi connectivity index (χ1) is 9.13. The summed E-state index contributed by atoms with van der Waals surface area (Å²) >= 11 is 0. The maximum atomic E-state index is 12.1. The highest BCUT2D eigenvalue weighted by Gasteiger charge is 2.54. The fourth-order valence-corrected chi connectivity index (χ4v) is 3.53. The van der Waals surface area contributed by atoms with Gasteiger partial charge in [0.05, 0.1) is 10.8 Å². The first kappa shape index (κ1) is 14.7. The number of carbonyl (C=O) groups excluding carboxylic acids is 1. The van der Waals surface area contributed by atoms with E-state index < -0.39 is 33.7 Å². The zero-order chi connectivity index (χ0) is 15.2. The topological polar surface area (TPSA) is 96.3 Å². The molecule has 0 bridgehead atoms. The lowest BCUT2D eigenvalue weighted by Gasteiger charge is -2.43. The van der Waals surface area contributed by atoms with Crippen LogP contribution >= 0.6 is 0 Å². The molecule has 0 aromatic heterocycles. The average Bonchev–Trinajstić information content (AvgIpc) is 2.27. The third-order valence-electron chi connectivity index (χ3n) is 2.78. The van der Waals surface area contributed by atoms with Crippen LogP contribution in [0.15, 0.2) is 16.4 Å². The molecule has 110 valence electrons. The fourth-order valence-electron chi connectivity index (χ4n) is 1.97. The summed E-state index contributed by atoms with van der Waals surface area (Å²) in [5.41, 5.74) is -0.236. The minimum atomic E-state index is -1.40. The van der Waals surface area contributed by atoms with E-state index in [1.54, 1.807) is 27.7 Å². The van der Waals surface area contributed by atoms with Gasteiger partial charge in [-0.15, -0.1) is 0 Å². The summed E-state index contributed by atoms with van der Waals surface area (Å²) in [6.07, 6.45) is 0. The number of oxime groups is 1. The SMILES string of the molecule is CC1=C(C(=O)O)N2C(=O)/C(=N\OC(C)(C)C)[C@H]2S(=O)C1. The van der Waals surface area contributed by atoms with Crippen LogP contribution in [0.2, 0.25) is 0 Å². The third-order valence-corrected chi connectivity index (χ3v) is 4.43. The van der Waals surface area contributed by atoms with Gasteiger partial charge in [-0.25, -0.2) is 4.79 Å². The maximum Gasteiger partial charge on any atom is 0.352 e. The van der Waals surface area contributed by atoms with Gasteiger partial charge >= 0.3 is 5.97 Å². The largest absolute Gasteiger partial charge is 0.477 e. The molecule has 2 atom stereocenters. The third kappa shape index (κ3) is 2.35. The van der Waals surface area contributed by atoms with E-state index in [9.17, 15) is 13.8 Å². The second-order valence-electron chi connectivity index (χ2n) is 5.67. The molecule has 0 aromatic rings. The van der Waals surface area contributed by atoms with Crippen molar-refractivity contribution in [2.45, 2.75) is 38.7 Å². The molecule has 0 radical (unpaired) electrons. The number of hydrogen-bond donors (Lipinski definition) is 1. The molecule has 20 heavy (non-hydrogen) atoms. The molecule has 1 fully saturated rings. The number of β-lactam (4-membered cyclic amide) rings is 1. The van der Waals surface area contributed by atoms with Crippen molar-refractivity contribution >= 4 is 28.4 Å². The lowest BCUT2D eigenvalue weighted by Crippen LogP contribution is -2.66. The normalized spacial score (nSPS) is 28.3. The Hall–Kier alpha value is -1.70. The van der Waals surface area contributed by atoms with Crippen molar-refractivity contribution < 1.29 is 23.7 Å². The smallest absolute Gasteiger partial charge is 0.352 e. The number of amides is 1. The lowest BCUT2D eigenvalue weighted by atomic mass is 10.1. The van der Waals surface area contributed by atoms with E-state index in [-0.39, 0.29) is 17.2 Å². The summed E-state index contributed by atoms with van der Waals surface area (Å²) < 4.78 is 12.1. The molecule has 1 N–H and O–H groups in total. The number of carbonyl (C=O) groups is 2. The van der Waals surface area contributed by atoms with Crippen LogP contribution in [0.5, 0.6) is 0 Å². The molecule has 0 saturated carbocycles. The van der Waals surface area contributed by atoms with E-state index in [4.69, 9.17) is 9.94 Å². The minimum absolute atomic E-state index is 0.0181. The molecule has 2 heterocycles. The monoisotopic (exact) mass is 300 g/mol. The van der Waals surface area contributed by atoms with Gasteiger partial charge in [0.2, 0.25) is 0 Å². The van der Waals surface area contributed by atoms with Crippen molar-refractivity contribution in [3.63, 3.8) is 0 Å². The number of carboxylic acid groups (broad SMARTS) is 1. The highest BCUT2D eigenvalue weighted by atomic mass is 32.2. The summed E-state index contributed by atoms with van der Waals surface area (Å²) in [5.74, 6) is -1.65. The highest BCUT2D eigenvalue weighted by molar-refractivity contribution is 7.87. The first-order valence-electron chi connectivity index (χ1n) is 6.03. The van der Waals surface area contributed by atoms with Crippen LogP contribution in [0.3, 0.4) is 0 Å². The minimum Gasteiger partial charge on any atom is -0.477 e. The Morgan fingerprint density at radius 3 is 2.60 bits per heavy atom. The Morgan fingerprint density at radius 1 is 1.50 bits per heavy atom. The van der Waals surface area contributed by atoms with E-state index in [0.29, 0.717) is 5.57 Å². The highest BCUT2D eigenvalue weighted by Crippen LogP contribution is 2.33. The standard InChI is InChI=1S/C12H16N2O5S/c1-6-5-20(18)10-7(13-19-12(2,3)4)9(15)14(10)8(6)11(16)17/h10H,5H2,1-4H3,(H,16,17)/b13-7+/t10-,20?/m1/s1. The van der Waals surface area contributed by atoms with Crippen molar-refractivity contribution in [1.29, 1.82) is 0 Å². The van der Waals surface area contributed by atoms with Crippen molar-refractivity contribution in [2.75, 3.05) is 5.75 Å². The Bertz CT molecular complexity index is 573. The first-order valence-corrected chi connectivity index (χ1v) is 7.41. The zero-order valence-electron chi connectivity index (χ0n) is 11.7. The van der Waals surface area contributed by atoms with Crippen LogP contribution in [-0.4, -0.2) is 48.5 Å². The van der Waals surface area contributed by atoms with E-state index in [2.05, 4.69) is 5.16 Å². The van der Waals surface area contributed by atoms with Gasteiger partial charge < -0.3 is 9.94 Å². The Balaban J connectivity index is 2.34. The van der Waals surface area contributed by atoms with Gasteiger partial charge in [0.15, 0.2) is 11.1 Å². The van der Waals surface area contributed by atoms with Gasteiger partial charge in [-0.1, -0.05) is 5.16 Å². The van der Waals surface area contributed by atoms with E-state index >= 15 is 0 Å². The predicted octanol–water partition coefficient (Wildman–Crippen LogP) is 0.447. The number of nitrogens with zero attached hydrogens (tertiary/aromatic N) is 2. The van der Waals surface area contributed by atoms with E-state index in [1.165, 1.54) is 0 Å². The predicted molar refractivity (Wildman–Crippen MR) is 72.3 cm³/mol. The van der Waals surface area contributed by atoms with Gasteiger partial charge in [-0.05, 0) is 33.3 Å². The van der Waals surface area contributed by atoms with Crippen molar-refractivity contribution in [3.05, 3.63) is 11.3 Å². The van der Waals surface area contributed by atoms with Gasteiger partial charge in [-0.3, -0.25) is 13.9 Å². The number of rotatable bonds is 2. The molecule has 0 aliphatic carbocycles. The summed E-state index contributed by atoms with van der Waals surface area (Å²) in [5, 5.41) is 12.1. The van der Waals surface area contributed by atoms with Crippen LogP contribution in [-0.2, 0) is 25.2 Å². The van der Waals surface area contributed by atoms with E-state index in [1.807, 2.05) is 0 Å². The fraction of sp³-hybridized carbons (Fsp3) is 0.583. The molecular formula is C12H16N2O5S. The Kier molecular flexibility index (Phi) is 3.45. The average molecular weight is 300 g/mol. The molecule has 7 nitrogen and oxygen atoms in total. The maximum absolute atomic E-state index is 12.1. The second-order valence-corrected chi connectivity index (χ2v) is 7.16. The molecule has 8 heteroatoms. The zero-order valence-corrected chi connectivity index (χ0v) is 12.5. The summed E-state index contributed by atoms with van der Waals surface area (Å²) in [6.45, 7) is 6.86. The van der Waals surface area contributed by atoms with E-state index in [0.717, 1.165) is 4.90 Å². The number of aliphatic carboxylic acids is 1. The van der Waals surface area contributed by atoms with Gasteiger partial charge in [-0.2, -0.15) is 0 Å². The van der Waals surface area contributed by atoms with Gasteiger partial charge in [0, 0.05) is 5.75 Å². The van der Waals surface area contributed by atoms with Crippen molar-refractivity contribution in [1.82, 2.24) is 4.90 Å². The summed E-state index contributed by atoms with van der Waals surface area (Å²) in [4.78, 5) is 29.4. The molecule has 0 aromatic carbocycles. The second kappa shape index (κ2) is 4.69. The van der Waals surface area contributed by atoms with Crippen molar-refractivity contribution in [3.8, 4) is 0 Å². The van der Waals surface area contributed by atoms with Gasteiger partial charge in [0.1, 0.15) is 11.3 Å². The summed E-state index contributed by atoms with van der Waals surface area (Å²) in [7, 11) is -1.40. The summed E-state index contributed by atoms with van der Waals surface area (Å²) in [6, 6.07) is 0. The molecule has 2 rings (SSSR count). The molecule has 2 aliphatic heterocycles. The van der Waals surface area contributed by atoms with Gasteiger partial charge in [0.25, 0.3) is 5.91 Å². The van der Waals surface area contributed by atoms with Crippen LogP contribution in [0.1, 0.15) is 27.7 Å². The molecule has 0 spiro atoms. The van der Waals surface area contributed by atoms with Crippen LogP contribution < -0.4 is 0 Å². The van der Waals surface area contributed by atoms with Crippen LogP contribution in [0, 0.1) is 0 Å². The van der Waals surface area contributed by atoms with Crippen LogP contribution in [0.25, 0.3) is 0 Å². The number of carboxylic acids is 1. The molecular weight excluding hydrogens is 284 g/mol. The Labute approximate surface area is 118 Å². The molecule has 2 aliphatic rings. The van der Waals surface area contributed by atoms with Crippen LogP contribution in [0.4, 0.5) is 0 Å². The number of fused-ring (bicyclic) bond motifs is 1. The lowest BCUT2D eigenvalue weighted by molar-refractivity contribution is -0.139. The molecule has 1 saturated heterocycles. The van der Waals surface area contributed by atoms with Crippen molar-refractivity contribution in [2.24, 2.45) is 5.16 Å².